The second-order valence-electron chi connectivity index (χ2n) is 5.83. The van der Waals surface area contributed by atoms with E-state index in [2.05, 4.69) is 32.1 Å². The van der Waals surface area contributed by atoms with E-state index in [0.717, 1.165) is 12.0 Å². The fourth-order valence-electron chi connectivity index (χ4n) is 2.91. The number of benzene rings is 1. The summed E-state index contributed by atoms with van der Waals surface area (Å²) >= 11 is 3.56. The monoisotopic (exact) mass is 367 g/mol. The highest BCUT2D eigenvalue weighted by atomic mass is 79.9. The van der Waals surface area contributed by atoms with Crippen molar-refractivity contribution in [3.05, 3.63) is 35.9 Å². The number of nitrogens with one attached hydrogen (secondary N) is 3. The summed E-state index contributed by atoms with van der Waals surface area (Å²) in [5, 5.41) is 12.0. The normalized spacial score (nSPS) is 29.6. The van der Waals surface area contributed by atoms with Crippen LogP contribution in [0.25, 0.3) is 0 Å². The highest BCUT2D eigenvalue weighted by Crippen LogP contribution is 2.33. The Morgan fingerprint density at radius 1 is 1.23 bits per heavy atom. The van der Waals surface area contributed by atoms with Gasteiger partial charge in [-0.2, -0.15) is 0 Å². The van der Waals surface area contributed by atoms with Crippen LogP contribution in [0, 0.1) is 0 Å². The van der Waals surface area contributed by atoms with Crippen molar-refractivity contribution in [3.8, 4) is 0 Å². The zero-order valence-electron chi connectivity index (χ0n) is 11.9. The molecule has 22 heavy (non-hydrogen) atoms. The second kappa shape index (κ2) is 5.98. The number of carbonyl (C=O) groups excluding carboxylic acids is 1. The molecule has 4 N–H and O–H groups in total. The fraction of sp³-hybridized carbons (Fsp3) is 0.467. The van der Waals surface area contributed by atoms with Gasteiger partial charge in [0.2, 0.25) is 5.91 Å². The van der Waals surface area contributed by atoms with Gasteiger partial charge < -0.3 is 10.4 Å². The van der Waals surface area contributed by atoms with Crippen LogP contribution >= 0.6 is 15.9 Å². The lowest BCUT2D eigenvalue weighted by Gasteiger charge is -2.39. The van der Waals surface area contributed by atoms with Crippen LogP contribution in [0.4, 0.5) is 0 Å². The smallest absolute Gasteiger partial charge is 0.329 e. The van der Waals surface area contributed by atoms with Gasteiger partial charge in [-0.15, -0.1) is 0 Å². The van der Waals surface area contributed by atoms with Crippen LogP contribution in [0.1, 0.15) is 30.9 Å². The molecule has 2 fully saturated rings. The van der Waals surface area contributed by atoms with Crippen molar-refractivity contribution in [2.24, 2.45) is 0 Å². The molecule has 1 aliphatic carbocycles. The van der Waals surface area contributed by atoms with Crippen molar-refractivity contribution in [2.45, 2.75) is 41.7 Å². The number of aliphatic carboxylic acids is 1. The lowest BCUT2D eigenvalue weighted by atomic mass is 9.76. The Kier molecular flexibility index (Phi) is 4.20. The molecule has 1 saturated heterocycles. The number of carbonyl (C=O) groups is 2. The number of carboxylic acids is 1. The average molecular weight is 368 g/mol. The van der Waals surface area contributed by atoms with E-state index in [1.165, 1.54) is 0 Å². The van der Waals surface area contributed by atoms with Crippen LogP contribution in [0.15, 0.2) is 30.3 Å². The molecule has 1 aromatic rings. The Morgan fingerprint density at radius 3 is 2.45 bits per heavy atom. The summed E-state index contributed by atoms with van der Waals surface area (Å²) in [6, 6.07) is 9.21. The van der Waals surface area contributed by atoms with Crippen LogP contribution < -0.4 is 16.2 Å². The Hall–Kier alpha value is -1.44. The van der Waals surface area contributed by atoms with Crippen LogP contribution in [0.2, 0.25) is 0 Å². The first-order chi connectivity index (χ1) is 10.5. The molecule has 0 aromatic heterocycles. The van der Waals surface area contributed by atoms with Gasteiger partial charge in [-0.05, 0) is 24.8 Å². The predicted molar refractivity (Wildman–Crippen MR) is 84.3 cm³/mol. The summed E-state index contributed by atoms with van der Waals surface area (Å²) in [4.78, 5) is 23.6. The minimum absolute atomic E-state index is 0.0564. The third-order valence-electron chi connectivity index (χ3n) is 4.45. The Morgan fingerprint density at radius 2 is 1.91 bits per heavy atom. The Bertz CT molecular complexity index is 577. The maximum atomic E-state index is 12.4. The van der Waals surface area contributed by atoms with E-state index >= 15 is 0 Å². The molecule has 1 aliphatic heterocycles. The molecular formula is C15H18BrN3O3. The van der Waals surface area contributed by atoms with Crippen molar-refractivity contribution in [3.63, 3.8) is 0 Å². The second-order valence-corrected chi connectivity index (χ2v) is 6.89. The van der Waals surface area contributed by atoms with Gasteiger partial charge in [-0.25, -0.2) is 15.6 Å². The molecule has 1 heterocycles. The van der Waals surface area contributed by atoms with Gasteiger partial charge in [-0.1, -0.05) is 46.3 Å². The number of rotatable bonds is 4. The van der Waals surface area contributed by atoms with Crippen LogP contribution in [0.3, 0.4) is 0 Å². The first-order valence-electron chi connectivity index (χ1n) is 7.29. The number of alkyl halides is 1. The summed E-state index contributed by atoms with van der Waals surface area (Å²) in [6.45, 7) is 0. The van der Waals surface area contributed by atoms with E-state index in [9.17, 15) is 14.7 Å². The Labute approximate surface area is 136 Å². The van der Waals surface area contributed by atoms with Gasteiger partial charge in [0.05, 0.1) is 10.9 Å². The number of hydrazine groups is 1. The van der Waals surface area contributed by atoms with Crippen molar-refractivity contribution in [1.82, 2.24) is 16.2 Å². The van der Waals surface area contributed by atoms with Gasteiger partial charge in [0.25, 0.3) is 0 Å². The summed E-state index contributed by atoms with van der Waals surface area (Å²) in [5.74, 6) is -1.25. The minimum Gasteiger partial charge on any atom is -0.480 e. The molecular weight excluding hydrogens is 350 g/mol. The molecule has 0 radical (unpaired) electrons. The number of halogens is 1. The molecule has 118 valence electrons. The van der Waals surface area contributed by atoms with Crippen LogP contribution in [-0.2, 0) is 9.59 Å². The molecule has 0 bridgehead atoms. The zero-order chi connectivity index (χ0) is 15.7. The summed E-state index contributed by atoms with van der Waals surface area (Å²) in [5.41, 5.74) is 6.03. The van der Waals surface area contributed by atoms with E-state index in [1.54, 1.807) is 0 Å². The van der Waals surface area contributed by atoms with Crippen LogP contribution in [-0.4, -0.2) is 33.4 Å². The summed E-state index contributed by atoms with van der Waals surface area (Å²) in [6.07, 6.45) is 1.81. The molecule has 2 aliphatic rings. The van der Waals surface area contributed by atoms with Gasteiger partial charge in [0.1, 0.15) is 11.6 Å². The van der Waals surface area contributed by atoms with E-state index in [-0.39, 0.29) is 16.8 Å². The van der Waals surface area contributed by atoms with Gasteiger partial charge in [0.15, 0.2) is 0 Å². The summed E-state index contributed by atoms with van der Waals surface area (Å²) < 4.78 is 0. The van der Waals surface area contributed by atoms with E-state index in [0.29, 0.717) is 12.8 Å². The molecule has 1 aromatic carbocycles. The zero-order valence-corrected chi connectivity index (χ0v) is 13.5. The Balaban J connectivity index is 1.68. The molecule has 0 spiro atoms. The lowest BCUT2D eigenvalue weighted by molar-refractivity contribution is -0.152. The number of carboxylic acid groups (broad SMARTS) is 1. The van der Waals surface area contributed by atoms with Crippen molar-refractivity contribution in [2.75, 3.05) is 0 Å². The molecule has 1 saturated carbocycles. The van der Waals surface area contributed by atoms with Gasteiger partial charge in [0, 0.05) is 0 Å². The standard InChI is InChI=1S/C15H18BrN3O3/c16-10-11(9-5-2-1-3-6-9)18-19-12(10)13(20)17-15(14(21)22)7-4-8-15/h1-3,5-6,10-12,18-19H,4,7-8H2,(H,17,20)(H,21,22). The van der Waals surface area contributed by atoms with Gasteiger partial charge >= 0.3 is 5.97 Å². The number of hydrogen-bond acceptors (Lipinski definition) is 4. The van der Waals surface area contributed by atoms with Crippen molar-refractivity contribution < 1.29 is 14.7 Å². The van der Waals surface area contributed by atoms with Crippen molar-refractivity contribution in [1.29, 1.82) is 0 Å². The number of hydrogen-bond donors (Lipinski definition) is 4. The van der Waals surface area contributed by atoms with Crippen molar-refractivity contribution >= 4 is 27.8 Å². The third kappa shape index (κ3) is 2.64. The van der Waals surface area contributed by atoms with E-state index in [4.69, 9.17) is 0 Å². The summed E-state index contributed by atoms with van der Waals surface area (Å²) in [7, 11) is 0. The maximum absolute atomic E-state index is 12.4. The number of amides is 1. The molecule has 7 heteroatoms. The van der Waals surface area contributed by atoms with E-state index < -0.39 is 17.6 Å². The van der Waals surface area contributed by atoms with Crippen LogP contribution in [0.5, 0.6) is 0 Å². The quantitative estimate of drug-likeness (QED) is 0.598. The predicted octanol–water partition coefficient (Wildman–Crippen LogP) is 1.09. The van der Waals surface area contributed by atoms with Gasteiger partial charge in [-0.3, -0.25) is 4.79 Å². The molecule has 3 rings (SSSR count). The molecule has 3 unspecified atom stereocenters. The molecule has 6 nitrogen and oxygen atoms in total. The third-order valence-corrected chi connectivity index (χ3v) is 5.51. The highest BCUT2D eigenvalue weighted by Gasteiger charge is 2.48. The lowest BCUT2D eigenvalue weighted by Crippen LogP contribution is -2.62. The molecule has 1 amide bonds. The fourth-order valence-corrected chi connectivity index (χ4v) is 3.71. The largest absolute Gasteiger partial charge is 0.480 e. The SMILES string of the molecule is O=C(NC1(C(=O)O)CCC1)C1NNC(c2ccccc2)C1Br. The van der Waals surface area contributed by atoms with E-state index in [1.807, 2.05) is 30.3 Å². The average Bonchev–Trinajstić information content (AvgIpc) is 2.85. The highest BCUT2D eigenvalue weighted by molar-refractivity contribution is 9.09. The first-order valence-corrected chi connectivity index (χ1v) is 8.20. The molecule has 3 atom stereocenters. The maximum Gasteiger partial charge on any atom is 0.329 e. The topological polar surface area (TPSA) is 90.5 Å². The first kappa shape index (κ1) is 15.5. The minimum atomic E-state index is -1.09.